The zero-order valence-electron chi connectivity index (χ0n) is 18.4. The number of amides is 2. The van der Waals surface area contributed by atoms with Gasteiger partial charge in [-0.2, -0.15) is 0 Å². The fourth-order valence-electron chi connectivity index (χ4n) is 3.14. The Labute approximate surface area is 171 Å². The van der Waals surface area contributed by atoms with Crippen LogP contribution in [0.1, 0.15) is 97.5 Å². The molecule has 4 nitrogen and oxygen atoms in total. The molecule has 158 valence electrons. The summed E-state index contributed by atoms with van der Waals surface area (Å²) in [5.41, 5.74) is 1.90. The van der Waals surface area contributed by atoms with E-state index in [2.05, 4.69) is 38.3 Å². The van der Waals surface area contributed by atoms with Crippen molar-refractivity contribution in [3.05, 3.63) is 29.8 Å². The van der Waals surface area contributed by atoms with E-state index in [1.54, 1.807) is 0 Å². The van der Waals surface area contributed by atoms with E-state index in [-0.39, 0.29) is 5.41 Å². The van der Waals surface area contributed by atoms with Gasteiger partial charge in [0.15, 0.2) is 0 Å². The first-order valence-corrected chi connectivity index (χ1v) is 11.0. The van der Waals surface area contributed by atoms with Crippen molar-refractivity contribution >= 4 is 17.5 Å². The number of nitrogens with one attached hydrogen (secondary N) is 2. The second-order valence-electron chi connectivity index (χ2n) is 8.72. The van der Waals surface area contributed by atoms with Crippen LogP contribution in [0.3, 0.4) is 0 Å². The van der Waals surface area contributed by atoms with Gasteiger partial charge in [0, 0.05) is 12.2 Å². The Morgan fingerprint density at radius 3 is 1.75 bits per heavy atom. The van der Waals surface area contributed by atoms with Crippen LogP contribution >= 0.6 is 0 Å². The lowest BCUT2D eigenvalue weighted by atomic mass is 9.87. The molecule has 0 fully saturated rings. The maximum absolute atomic E-state index is 12.0. The molecule has 0 spiro atoms. The highest BCUT2D eigenvalue weighted by Crippen LogP contribution is 2.23. The molecule has 0 heterocycles. The first-order chi connectivity index (χ1) is 13.3. The minimum absolute atomic E-state index is 0.0645. The van der Waals surface area contributed by atoms with Crippen molar-refractivity contribution in [2.75, 3.05) is 11.9 Å². The Morgan fingerprint density at radius 1 is 0.750 bits per heavy atom. The van der Waals surface area contributed by atoms with E-state index in [1.165, 1.54) is 56.9 Å². The highest BCUT2D eigenvalue weighted by molar-refractivity contribution is 6.39. The zero-order valence-corrected chi connectivity index (χ0v) is 18.4. The quantitative estimate of drug-likeness (QED) is 0.343. The molecule has 0 saturated heterocycles. The molecule has 4 heteroatoms. The van der Waals surface area contributed by atoms with Gasteiger partial charge in [0.1, 0.15) is 0 Å². The summed E-state index contributed by atoms with van der Waals surface area (Å²) >= 11 is 0. The molecule has 0 aliphatic rings. The Bertz CT molecular complexity index is 573. The topological polar surface area (TPSA) is 58.2 Å². The molecule has 1 rings (SSSR count). The summed E-state index contributed by atoms with van der Waals surface area (Å²) in [6, 6.07) is 7.65. The summed E-state index contributed by atoms with van der Waals surface area (Å²) in [5.74, 6) is -1.16. The third-order valence-electron chi connectivity index (χ3n) is 5.03. The Kier molecular flexibility index (Phi) is 11.5. The summed E-state index contributed by atoms with van der Waals surface area (Å²) in [6.07, 6.45) is 12.5. The molecule has 0 saturated carbocycles. The van der Waals surface area contributed by atoms with Crippen LogP contribution in [0.4, 0.5) is 5.69 Å². The number of unbranched alkanes of at least 4 members (excludes halogenated alkanes) is 9. The van der Waals surface area contributed by atoms with Crippen molar-refractivity contribution in [2.24, 2.45) is 0 Å². The van der Waals surface area contributed by atoms with E-state index >= 15 is 0 Å². The normalized spacial score (nSPS) is 11.3. The maximum atomic E-state index is 12.0. The molecular weight excluding hydrogens is 348 g/mol. The van der Waals surface area contributed by atoms with Crippen molar-refractivity contribution in [3.63, 3.8) is 0 Å². The number of rotatable bonds is 12. The predicted octanol–water partition coefficient (Wildman–Crippen LogP) is 5.96. The van der Waals surface area contributed by atoms with Crippen molar-refractivity contribution in [3.8, 4) is 0 Å². The largest absolute Gasteiger partial charge is 0.348 e. The second-order valence-corrected chi connectivity index (χ2v) is 8.72. The van der Waals surface area contributed by atoms with Crippen molar-refractivity contribution in [1.29, 1.82) is 0 Å². The average Bonchev–Trinajstić information content (AvgIpc) is 2.65. The second kappa shape index (κ2) is 13.4. The number of anilines is 1. The number of carbonyl (C=O) groups is 2. The zero-order chi connectivity index (χ0) is 20.8. The Morgan fingerprint density at radius 2 is 1.25 bits per heavy atom. The minimum Gasteiger partial charge on any atom is -0.348 e. The van der Waals surface area contributed by atoms with Gasteiger partial charge in [-0.15, -0.1) is 0 Å². The Hall–Kier alpha value is -1.84. The molecule has 0 aliphatic carbocycles. The molecule has 2 N–H and O–H groups in total. The lowest BCUT2D eigenvalue weighted by Gasteiger charge is -2.19. The fourth-order valence-corrected chi connectivity index (χ4v) is 3.14. The van der Waals surface area contributed by atoms with Crippen molar-refractivity contribution < 1.29 is 9.59 Å². The van der Waals surface area contributed by atoms with E-state index in [1.807, 2.05) is 24.3 Å². The first kappa shape index (κ1) is 24.2. The first-order valence-electron chi connectivity index (χ1n) is 11.0. The summed E-state index contributed by atoms with van der Waals surface area (Å²) in [4.78, 5) is 23.9. The van der Waals surface area contributed by atoms with Crippen LogP contribution in [0.25, 0.3) is 0 Å². The molecule has 0 aromatic heterocycles. The van der Waals surface area contributed by atoms with Crippen LogP contribution in [0.2, 0.25) is 0 Å². The van der Waals surface area contributed by atoms with Gasteiger partial charge >= 0.3 is 11.8 Å². The summed E-state index contributed by atoms with van der Waals surface area (Å²) in [5, 5.41) is 5.37. The lowest BCUT2D eigenvalue weighted by molar-refractivity contribution is -0.136. The van der Waals surface area contributed by atoms with E-state index in [0.29, 0.717) is 12.2 Å². The van der Waals surface area contributed by atoms with Crippen LogP contribution in [0.5, 0.6) is 0 Å². The fraction of sp³-hybridized carbons (Fsp3) is 0.667. The standard InChI is InChI=1S/C24H40N2O2/c1-5-6-7-8-9-10-11-12-13-14-19-25-22(27)23(28)26-21-17-15-20(16-18-21)24(2,3)4/h15-18H,5-14,19H2,1-4H3,(H,25,27)(H,26,28). The summed E-state index contributed by atoms with van der Waals surface area (Å²) < 4.78 is 0. The third kappa shape index (κ3) is 10.5. The van der Waals surface area contributed by atoms with Gasteiger partial charge in [-0.3, -0.25) is 9.59 Å². The highest BCUT2D eigenvalue weighted by atomic mass is 16.2. The van der Waals surface area contributed by atoms with Gasteiger partial charge < -0.3 is 10.6 Å². The van der Waals surface area contributed by atoms with Crippen LogP contribution in [0.15, 0.2) is 24.3 Å². The minimum atomic E-state index is -0.601. The molecule has 0 radical (unpaired) electrons. The van der Waals surface area contributed by atoms with Gasteiger partial charge in [0.05, 0.1) is 0 Å². The molecule has 0 unspecified atom stereocenters. The van der Waals surface area contributed by atoms with E-state index < -0.39 is 11.8 Å². The molecule has 28 heavy (non-hydrogen) atoms. The lowest BCUT2D eigenvalue weighted by Crippen LogP contribution is -2.35. The highest BCUT2D eigenvalue weighted by Gasteiger charge is 2.15. The molecule has 1 aromatic carbocycles. The summed E-state index contributed by atoms with van der Waals surface area (Å²) in [7, 11) is 0. The van der Waals surface area contributed by atoms with Gasteiger partial charge in [0.25, 0.3) is 0 Å². The Balaban J connectivity index is 2.11. The number of benzene rings is 1. The number of hydrogen-bond acceptors (Lipinski definition) is 2. The summed E-state index contributed by atoms with van der Waals surface area (Å²) in [6.45, 7) is 9.23. The van der Waals surface area contributed by atoms with Crippen LogP contribution in [-0.4, -0.2) is 18.4 Å². The molecule has 2 amide bonds. The van der Waals surface area contributed by atoms with Crippen LogP contribution < -0.4 is 10.6 Å². The number of carbonyl (C=O) groups excluding carboxylic acids is 2. The van der Waals surface area contributed by atoms with E-state index in [9.17, 15) is 9.59 Å². The van der Waals surface area contributed by atoms with Gasteiger partial charge in [0.2, 0.25) is 0 Å². The monoisotopic (exact) mass is 388 g/mol. The molecular formula is C24H40N2O2. The smallest absolute Gasteiger partial charge is 0.313 e. The van der Waals surface area contributed by atoms with Crippen LogP contribution in [0, 0.1) is 0 Å². The molecule has 0 atom stereocenters. The average molecular weight is 389 g/mol. The van der Waals surface area contributed by atoms with E-state index in [0.717, 1.165) is 12.8 Å². The van der Waals surface area contributed by atoms with Crippen molar-refractivity contribution in [1.82, 2.24) is 5.32 Å². The molecule has 0 aliphatic heterocycles. The van der Waals surface area contributed by atoms with Gasteiger partial charge in [-0.05, 0) is 29.5 Å². The SMILES string of the molecule is CCCCCCCCCCCCNC(=O)C(=O)Nc1ccc(C(C)(C)C)cc1. The van der Waals surface area contributed by atoms with E-state index in [4.69, 9.17) is 0 Å². The maximum Gasteiger partial charge on any atom is 0.313 e. The third-order valence-corrected chi connectivity index (χ3v) is 5.03. The molecule has 0 bridgehead atoms. The van der Waals surface area contributed by atoms with Gasteiger partial charge in [-0.25, -0.2) is 0 Å². The molecule has 1 aromatic rings. The van der Waals surface area contributed by atoms with Gasteiger partial charge in [-0.1, -0.05) is 97.6 Å². The van der Waals surface area contributed by atoms with Crippen molar-refractivity contribution in [2.45, 2.75) is 97.3 Å². The number of hydrogen-bond donors (Lipinski definition) is 2. The predicted molar refractivity (Wildman–Crippen MR) is 119 cm³/mol. The van der Waals surface area contributed by atoms with Crippen LogP contribution in [-0.2, 0) is 15.0 Å².